The number of hydrogen-bond acceptors (Lipinski definition) is 4. The van der Waals surface area contributed by atoms with Crippen molar-refractivity contribution in [2.75, 3.05) is 4.90 Å². The molecule has 0 aliphatic carbocycles. The minimum atomic E-state index is -0.963. The van der Waals surface area contributed by atoms with Crippen molar-refractivity contribution >= 4 is 55.8 Å². The van der Waals surface area contributed by atoms with Gasteiger partial charge in [0, 0.05) is 22.6 Å². The van der Waals surface area contributed by atoms with Crippen molar-refractivity contribution in [3.63, 3.8) is 0 Å². The number of anilines is 3. The molecule has 0 radical (unpaired) electrons. The second-order valence-corrected chi connectivity index (χ2v) is 8.15. The number of halogens is 3. The first kappa shape index (κ1) is 19.8. The molecule has 0 atom stereocenters. The second-order valence-electron chi connectivity index (χ2n) is 6.83. The molecular weight excluding hydrogens is 480 g/mol. The van der Waals surface area contributed by atoms with E-state index < -0.39 is 11.6 Å². The van der Waals surface area contributed by atoms with Crippen LogP contribution in [-0.4, -0.2) is 8.75 Å². The van der Waals surface area contributed by atoms with E-state index in [4.69, 9.17) is 0 Å². The van der Waals surface area contributed by atoms with E-state index in [-0.39, 0.29) is 10.0 Å². The highest BCUT2D eigenvalue weighted by atomic mass is 79.9. The summed E-state index contributed by atoms with van der Waals surface area (Å²) in [6, 6.07) is 27.3. The molecule has 152 valence electrons. The lowest BCUT2D eigenvalue weighted by atomic mass is 10.0. The van der Waals surface area contributed by atoms with Gasteiger partial charge in [0.05, 0.1) is 16.2 Å². The second kappa shape index (κ2) is 8.17. The van der Waals surface area contributed by atoms with Crippen LogP contribution in [0.25, 0.3) is 22.2 Å². The molecule has 1 aromatic heterocycles. The molecule has 3 nitrogen and oxygen atoms in total. The van der Waals surface area contributed by atoms with Crippen molar-refractivity contribution in [1.29, 1.82) is 0 Å². The number of rotatable bonds is 4. The first-order valence-corrected chi connectivity index (χ1v) is 11.0. The largest absolute Gasteiger partial charge is 0.311 e. The third kappa shape index (κ3) is 3.49. The monoisotopic (exact) mass is 493 g/mol. The number of fused-ring (bicyclic) bond motifs is 1. The molecule has 0 saturated carbocycles. The molecule has 4 aromatic carbocycles. The van der Waals surface area contributed by atoms with Gasteiger partial charge in [-0.25, -0.2) is 8.78 Å². The Morgan fingerprint density at radius 2 is 1.16 bits per heavy atom. The summed E-state index contributed by atoms with van der Waals surface area (Å²) >= 11 is 4.01. The highest BCUT2D eigenvalue weighted by molar-refractivity contribution is 9.10. The number of benzene rings is 4. The topological polar surface area (TPSA) is 29.0 Å². The van der Waals surface area contributed by atoms with Crippen molar-refractivity contribution in [3.8, 4) is 11.1 Å². The minimum Gasteiger partial charge on any atom is -0.311 e. The highest BCUT2D eigenvalue weighted by Crippen LogP contribution is 2.39. The van der Waals surface area contributed by atoms with Crippen LogP contribution < -0.4 is 4.90 Å². The third-order valence-electron chi connectivity index (χ3n) is 4.98. The predicted octanol–water partition coefficient (Wildman–Crippen LogP) is 7.87. The van der Waals surface area contributed by atoms with Crippen LogP contribution in [0, 0.1) is 11.6 Å². The van der Waals surface area contributed by atoms with E-state index in [1.165, 1.54) is 0 Å². The normalized spacial score (nSPS) is 11.1. The van der Waals surface area contributed by atoms with Gasteiger partial charge in [0.1, 0.15) is 11.0 Å². The number of hydrogen-bond donors (Lipinski definition) is 0. The molecule has 1 heterocycles. The molecule has 0 N–H and O–H groups in total. The number of para-hydroxylation sites is 2. The molecule has 5 rings (SSSR count). The van der Waals surface area contributed by atoms with Crippen LogP contribution in [0.4, 0.5) is 25.8 Å². The van der Waals surface area contributed by atoms with Crippen molar-refractivity contribution in [1.82, 2.24) is 8.75 Å². The Balaban J connectivity index is 1.63. The van der Waals surface area contributed by atoms with Gasteiger partial charge in [-0.1, -0.05) is 48.5 Å². The standard InChI is InChI=1S/C24H14BrF2N3S/c25-20-22(27)21(26)19(23-24(20)29-31-28-23)15-11-13-18(14-12-15)30(16-7-3-1-4-8-16)17-9-5-2-6-10-17/h1-14H. The predicted molar refractivity (Wildman–Crippen MR) is 125 cm³/mol. The van der Waals surface area contributed by atoms with Crippen LogP contribution in [-0.2, 0) is 0 Å². The van der Waals surface area contributed by atoms with Crippen LogP contribution >= 0.6 is 27.7 Å². The van der Waals surface area contributed by atoms with Crippen molar-refractivity contribution in [3.05, 3.63) is 101 Å². The quantitative estimate of drug-likeness (QED) is 0.238. The van der Waals surface area contributed by atoms with Crippen LogP contribution in [0.1, 0.15) is 0 Å². The molecule has 0 saturated heterocycles. The average Bonchev–Trinajstić information content (AvgIpc) is 3.30. The zero-order valence-electron chi connectivity index (χ0n) is 16.0. The van der Waals surface area contributed by atoms with E-state index in [9.17, 15) is 8.78 Å². The molecule has 5 aromatic rings. The van der Waals surface area contributed by atoms with Crippen molar-refractivity contribution < 1.29 is 8.78 Å². The van der Waals surface area contributed by atoms with E-state index in [1.54, 1.807) is 12.1 Å². The fourth-order valence-corrected chi connectivity index (χ4v) is 4.68. The third-order valence-corrected chi connectivity index (χ3v) is 6.23. The summed E-state index contributed by atoms with van der Waals surface area (Å²) in [7, 11) is 0. The molecule has 0 fully saturated rings. The van der Waals surface area contributed by atoms with Gasteiger partial charge in [0.2, 0.25) is 0 Å². The highest BCUT2D eigenvalue weighted by Gasteiger charge is 2.23. The fourth-order valence-electron chi connectivity index (χ4n) is 3.55. The van der Waals surface area contributed by atoms with Gasteiger partial charge in [-0.3, -0.25) is 0 Å². The molecule has 0 spiro atoms. The van der Waals surface area contributed by atoms with Gasteiger partial charge in [-0.2, -0.15) is 8.75 Å². The van der Waals surface area contributed by atoms with Gasteiger partial charge in [0.15, 0.2) is 11.6 Å². The number of nitrogens with zero attached hydrogens (tertiary/aromatic N) is 3. The van der Waals surface area contributed by atoms with Gasteiger partial charge in [-0.15, -0.1) is 0 Å². The Labute approximate surface area is 190 Å². The molecule has 0 aliphatic rings. The lowest BCUT2D eigenvalue weighted by Crippen LogP contribution is -2.09. The minimum absolute atomic E-state index is 0.00606. The summed E-state index contributed by atoms with van der Waals surface area (Å²) in [6.45, 7) is 0. The summed E-state index contributed by atoms with van der Waals surface area (Å²) in [6.07, 6.45) is 0. The smallest absolute Gasteiger partial charge is 0.176 e. The summed E-state index contributed by atoms with van der Waals surface area (Å²) in [5, 5.41) is 0. The summed E-state index contributed by atoms with van der Waals surface area (Å²) in [5.41, 5.74) is 4.19. The van der Waals surface area contributed by atoms with Crippen LogP contribution in [0.3, 0.4) is 0 Å². The van der Waals surface area contributed by atoms with Gasteiger partial charge in [0.25, 0.3) is 0 Å². The van der Waals surface area contributed by atoms with E-state index in [2.05, 4.69) is 29.6 Å². The Kier molecular flexibility index (Phi) is 5.21. The summed E-state index contributed by atoms with van der Waals surface area (Å²) in [5.74, 6) is -1.91. The Bertz CT molecular complexity index is 1320. The molecule has 0 bridgehead atoms. The summed E-state index contributed by atoms with van der Waals surface area (Å²) < 4.78 is 37.6. The van der Waals surface area contributed by atoms with Gasteiger partial charge < -0.3 is 4.90 Å². The first-order chi connectivity index (χ1) is 15.1. The van der Waals surface area contributed by atoms with Gasteiger partial charge in [-0.05, 0) is 57.9 Å². The average molecular weight is 494 g/mol. The Morgan fingerprint density at radius 1 is 0.645 bits per heavy atom. The van der Waals surface area contributed by atoms with Crippen LogP contribution in [0.15, 0.2) is 89.4 Å². The van der Waals surface area contributed by atoms with Crippen molar-refractivity contribution in [2.45, 2.75) is 0 Å². The Hall–Kier alpha value is -3.16. The molecule has 31 heavy (non-hydrogen) atoms. The Morgan fingerprint density at radius 3 is 1.74 bits per heavy atom. The number of aromatic nitrogens is 2. The first-order valence-electron chi connectivity index (χ1n) is 9.44. The maximum Gasteiger partial charge on any atom is 0.176 e. The lowest BCUT2D eigenvalue weighted by molar-refractivity contribution is 0.509. The molecule has 0 unspecified atom stereocenters. The SMILES string of the molecule is Fc1c(F)c(-c2ccc(N(c3ccccc3)c3ccccc3)cc2)c2nsnc2c1Br. The molecular formula is C24H14BrF2N3S. The van der Waals surface area contributed by atoms with Crippen LogP contribution in [0.2, 0.25) is 0 Å². The van der Waals surface area contributed by atoms with E-state index in [1.807, 2.05) is 72.8 Å². The molecule has 0 aliphatic heterocycles. The van der Waals surface area contributed by atoms with E-state index in [0.29, 0.717) is 16.6 Å². The van der Waals surface area contributed by atoms with Crippen LogP contribution in [0.5, 0.6) is 0 Å². The maximum atomic E-state index is 14.9. The maximum absolute atomic E-state index is 14.9. The van der Waals surface area contributed by atoms with E-state index in [0.717, 1.165) is 28.8 Å². The zero-order valence-corrected chi connectivity index (χ0v) is 18.4. The van der Waals surface area contributed by atoms with Crippen molar-refractivity contribution in [2.24, 2.45) is 0 Å². The molecule has 7 heteroatoms. The lowest BCUT2D eigenvalue weighted by Gasteiger charge is -2.25. The van der Waals surface area contributed by atoms with E-state index >= 15 is 0 Å². The summed E-state index contributed by atoms with van der Waals surface area (Å²) in [4.78, 5) is 2.10. The fraction of sp³-hybridized carbons (Fsp3) is 0. The molecule has 0 amide bonds. The van der Waals surface area contributed by atoms with Gasteiger partial charge >= 0.3 is 0 Å². The zero-order chi connectivity index (χ0) is 21.4.